The number of methoxy groups -OCH3 is 1. The molecule has 43 heavy (non-hydrogen) atoms. The summed E-state index contributed by atoms with van der Waals surface area (Å²) in [5, 5.41) is 10.7. The SMILES string of the molecule is CCSC(=Nc1ccc(OC)cc1C)NC(=O)NCCCc1cccc(-c2ncn(-c3ccc(OC(F)(F)F)cc3)n2)c1. The second-order valence-electron chi connectivity index (χ2n) is 9.24. The van der Waals surface area contributed by atoms with Crippen molar-refractivity contribution in [3.05, 3.63) is 84.2 Å². The number of urea groups is 1. The highest BCUT2D eigenvalue weighted by Gasteiger charge is 2.31. The number of carbonyl (C=O) groups excluding carboxylic acids is 1. The van der Waals surface area contributed by atoms with Crippen molar-refractivity contribution in [2.24, 2.45) is 4.99 Å². The van der Waals surface area contributed by atoms with Crippen molar-refractivity contribution in [3.63, 3.8) is 0 Å². The third-order valence-corrected chi connectivity index (χ3v) is 6.82. The molecule has 0 atom stereocenters. The number of carbonyl (C=O) groups is 1. The van der Waals surface area contributed by atoms with Crippen molar-refractivity contribution in [1.29, 1.82) is 0 Å². The Labute approximate surface area is 251 Å². The molecule has 3 aromatic carbocycles. The van der Waals surface area contributed by atoms with Crippen LogP contribution in [-0.2, 0) is 6.42 Å². The minimum atomic E-state index is -4.75. The van der Waals surface area contributed by atoms with Crippen LogP contribution in [0.25, 0.3) is 17.1 Å². The Morgan fingerprint density at radius 3 is 2.53 bits per heavy atom. The molecule has 0 bridgehead atoms. The van der Waals surface area contributed by atoms with Crippen LogP contribution in [0.3, 0.4) is 0 Å². The summed E-state index contributed by atoms with van der Waals surface area (Å²) < 4.78 is 47.9. The molecule has 0 aliphatic heterocycles. The Bertz CT molecular complexity index is 1560. The standard InChI is InChI=1S/C30H31F3N6O3S/c1-4-43-29(36-26-15-14-25(41-3)17-20(26)2)37-28(40)34-16-6-8-21-7-5-9-22(18-21)27-35-19-39(38-27)23-10-12-24(13-11-23)42-30(31,32)33/h5,7,9-15,17-19H,4,6,8,16H2,1-3H3,(H2,34,36,37,40). The smallest absolute Gasteiger partial charge is 0.497 e. The lowest BCUT2D eigenvalue weighted by molar-refractivity contribution is -0.274. The lowest BCUT2D eigenvalue weighted by Crippen LogP contribution is -2.38. The number of nitrogens with one attached hydrogen (secondary N) is 2. The fourth-order valence-electron chi connectivity index (χ4n) is 4.04. The first-order valence-corrected chi connectivity index (χ1v) is 14.4. The Kier molecular flexibility index (Phi) is 10.7. The van der Waals surface area contributed by atoms with E-state index in [1.165, 1.54) is 47.0 Å². The summed E-state index contributed by atoms with van der Waals surface area (Å²) in [7, 11) is 1.61. The number of amides is 2. The van der Waals surface area contributed by atoms with Crippen molar-refractivity contribution in [3.8, 4) is 28.6 Å². The molecule has 0 saturated heterocycles. The van der Waals surface area contributed by atoms with E-state index < -0.39 is 6.36 Å². The van der Waals surface area contributed by atoms with E-state index in [4.69, 9.17) is 4.74 Å². The zero-order chi connectivity index (χ0) is 30.8. The van der Waals surface area contributed by atoms with E-state index in [0.717, 1.165) is 33.9 Å². The molecule has 0 saturated carbocycles. The van der Waals surface area contributed by atoms with Gasteiger partial charge in [0.15, 0.2) is 11.0 Å². The number of rotatable bonds is 10. The molecular formula is C30H31F3N6O3S. The molecule has 0 unspecified atom stereocenters. The van der Waals surface area contributed by atoms with E-state index in [1.807, 2.05) is 56.3 Å². The molecule has 0 aliphatic rings. The number of aromatic nitrogens is 3. The maximum Gasteiger partial charge on any atom is 0.573 e. The highest BCUT2D eigenvalue weighted by Crippen LogP contribution is 2.26. The fourth-order valence-corrected chi connectivity index (χ4v) is 4.65. The fraction of sp³-hybridized carbons (Fsp3) is 0.267. The average molecular weight is 613 g/mol. The predicted octanol–water partition coefficient (Wildman–Crippen LogP) is 6.82. The molecule has 4 rings (SSSR count). The molecule has 226 valence electrons. The lowest BCUT2D eigenvalue weighted by Gasteiger charge is -2.11. The first kappa shape index (κ1) is 31.4. The Hall–Kier alpha value is -4.52. The van der Waals surface area contributed by atoms with Gasteiger partial charge in [-0.2, -0.15) is 0 Å². The number of halogens is 3. The van der Waals surface area contributed by atoms with E-state index >= 15 is 0 Å². The van der Waals surface area contributed by atoms with Gasteiger partial charge in [-0.3, -0.25) is 5.32 Å². The predicted molar refractivity (Wildman–Crippen MR) is 161 cm³/mol. The van der Waals surface area contributed by atoms with Crippen LogP contribution in [0.1, 0.15) is 24.5 Å². The first-order chi connectivity index (χ1) is 20.6. The van der Waals surface area contributed by atoms with E-state index in [9.17, 15) is 18.0 Å². The van der Waals surface area contributed by atoms with Crippen LogP contribution in [0, 0.1) is 6.92 Å². The van der Waals surface area contributed by atoms with Gasteiger partial charge in [-0.1, -0.05) is 36.9 Å². The number of benzene rings is 3. The van der Waals surface area contributed by atoms with Gasteiger partial charge >= 0.3 is 12.4 Å². The summed E-state index contributed by atoms with van der Waals surface area (Å²) in [6.45, 7) is 4.39. The summed E-state index contributed by atoms with van der Waals surface area (Å²) >= 11 is 1.44. The van der Waals surface area contributed by atoms with Crippen LogP contribution in [0.2, 0.25) is 0 Å². The van der Waals surface area contributed by atoms with Crippen LogP contribution in [0.4, 0.5) is 23.7 Å². The molecule has 2 amide bonds. The van der Waals surface area contributed by atoms with Gasteiger partial charge in [0.1, 0.15) is 17.8 Å². The number of nitrogens with zero attached hydrogens (tertiary/aromatic N) is 4. The molecule has 0 spiro atoms. The van der Waals surface area contributed by atoms with Gasteiger partial charge in [0.2, 0.25) is 0 Å². The molecule has 1 aromatic heterocycles. The minimum Gasteiger partial charge on any atom is -0.497 e. The third-order valence-electron chi connectivity index (χ3n) is 6.07. The quantitative estimate of drug-likeness (QED) is 0.116. The molecular weight excluding hydrogens is 581 g/mol. The van der Waals surface area contributed by atoms with Gasteiger partial charge in [-0.05, 0) is 85.2 Å². The summed E-state index contributed by atoms with van der Waals surface area (Å²) in [6, 6.07) is 18.4. The molecule has 0 aliphatic carbocycles. The third kappa shape index (κ3) is 9.50. The second kappa shape index (κ2) is 14.6. The van der Waals surface area contributed by atoms with Gasteiger partial charge in [-0.15, -0.1) is 18.3 Å². The molecule has 0 radical (unpaired) electrons. The van der Waals surface area contributed by atoms with Crippen molar-refractivity contribution in [2.75, 3.05) is 19.4 Å². The van der Waals surface area contributed by atoms with E-state index in [-0.39, 0.29) is 11.8 Å². The molecule has 9 nitrogen and oxygen atoms in total. The number of hydrogen-bond donors (Lipinski definition) is 2. The lowest BCUT2D eigenvalue weighted by atomic mass is 10.1. The molecule has 0 fully saturated rings. The molecule has 1 heterocycles. The summed E-state index contributed by atoms with van der Waals surface area (Å²) in [5.74, 6) is 1.66. The van der Waals surface area contributed by atoms with Crippen molar-refractivity contribution in [1.82, 2.24) is 25.4 Å². The van der Waals surface area contributed by atoms with Crippen molar-refractivity contribution >= 4 is 28.6 Å². The first-order valence-electron chi connectivity index (χ1n) is 13.4. The largest absolute Gasteiger partial charge is 0.573 e. The number of alkyl halides is 3. The van der Waals surface area contributed by atoms with Gasteiger partial charge in [0.25, 0.3) is 0 Å². The molecule has 2 N–H and O–H groups in total. The highest BCUT2D eigenvalue weighted by atomic mass is 32.2. The van der Waals surface area contributed by atoms with E-state index in [0.29, 0.717) is 36.1 Å². The minimum absolute atomic E-state index is 0.312. The Morgan fingerprint density at radius 2 is 1.84 bits per heavy atom. The van der Waals surface area contributed by atoms with Crippen molar-refractivity contribution in [2.45, 2.75) is 33.1 Å². The van der Waals surface area contributed by atoms with Gasteiger partial charge < -0.3 is 14.8 Å². The summed E-state index contributed by atoms with van der Waals surface area (Å²) in [4.78, 5) is 21.5. The number of ether oxygens (including phenoxy) is 2. The van der Waals surface area contributed by atoms with Crippen LogP contribution >= 0.6 is 11.8 Å². The number of aryl methyl sites for hydroxylation is 2. The van der Waals surface area contributed by atoms with Crippen LogP contribution in [0.5, 0.6) is 11.5 Å². The van der Waals surface area contributed by atoms with Gasteiger partial charge in [-0.25, -0.2) is 19.5 Å². The maximum absolute atomic E-state index is 12.5. The number of thioether (sulfide) groups is 1. The van der Waals surface area contributed by atoms with Crippen LogP contribution < -0.4 is 20.1 Å². The molecule has 4 aromatic rings. The highest BCUT2D eigenvalue weighted by molar-refractivity contribution is 8.13. The van der Waals surface area contributed by atoms with Gasteiger partial charge in [0.05, 0.1) is 18.5 Å². The molecule has 13 heteroatoms. The average Bonchev–Trinajstić information content (AvgIpc) is 3.47. The normalized spacial score (nSPS) is 11.7. The topological polar surface area (TPSA) is 103 Å². The Balaban J connectivity index is 1.29. The van der Waals surface area contributed by atoms with E-state index in [1.54, 1.807) is 7.11 Å². The number of aliphatic imine (C=N–C) groups is 1. The monoisotopic (exact) mass is 612 g/mol. The summed E-state index contributed by atoms with van der Waals surface area (Å²) in [6.07, 6.45) is -1.84. The number of hydrogen-bond acceptors (Lipinski definition) is 7. The number of amidine groups is 1. The summed E-state index contributed by atoms with van der Waals surface area (Å²) in [5.41, 5.74) is 4.07. The van der Waals surface area contributed by atoms with E-state index in [2.05, 4.69) is 30.4 Å². The van der Waals surface area contributed by atoms with Crippen LogP contribution in [-0.4, -0.2) is 51.7 Å². The van der Waals surface area contributed by atoms with Gasteiger partial charge in [0, 0.05) is 12.1 Å². The second-order valence-corrected chi connectivity index (χ2v) is 10.5. The maximum atomic E-state index is 12.5. The zero-order valence-electron chi connectivity index (χ0n) is 23.8. The van der Waals surface area contributed by atoms with Crippen LogP contribution in [0.15, 0.2) is 78.0 Å². The van der Waals surface area contributed by atoms with Crippen molar-refractivity contribution < 1.29 is 27.4 Å². The Morgan fingerprint density at radius 1 is 1.07 bits per heavy atom. The zero-order valence-corrected chi connectivity index (χ0v) is 24.6.